The molecule has 0 saturated heterocycles. The van der Waals surface area contributed by atoms with E-state index in [1.165, 1.54) is 26.9 Å². The normalized spacial score (nSPS) is 13.0. The SMILES string of the molecule is CN1C=CN(c2[c-]cccc2)[CH-]1.Cn1cc2cc3c(cc2c1)c1cc[c-]n1c1ncccc31.[Ir+3]. The molecule has 1 aliphatic rings. The van der Waals surface area contributed by atoms with Gasteiger partial charge in [-0.3, -0.25) is 4.98 Å². The number of aromatic nitrogens is 3. The summed E-state index contributed by atoms with van der Waals surface area (Å²) in [5, 5.41) is 6.18. The van der Waals surface area contributed by atoms with Crippen molar-refractivity contribution < 1.29 is 20.1 Å². The molecule has 0 N–H and O–H groups in total. The number of pyridine rings is 2. The van der Waals surface area contributed by atoms with Gasteiger partial charge in [-0.25, -0.2) is 0 Å². The van der Waals surface area contributed by atoms with Gasteiger partial charge in [0.05, 0.1) is 5.65 Å². The minimum Gasteiger partial charge on any atom is -0.510 e. The zero-order chi connectivity index (χ0) is 22.4. The average Bonchev–Trinajstić information content (AvgIpc) is 3.58. The zero-order valence-electron chi connectivity index (χ0n) is 18.8. The van der Waals surface area contributed by atoms with Gasteiger partial charge in [-0.1, -0.05) is 23.8 Å². The Hall–Kier alpha value is -3.60. The van der Waals surface area contributed by atoms with Gasteiger partial charge in [0.2, 0.25) is 0 Å². The third-order valence-corrected chi connectivity index (χ3v) is 5.90. The van der Waals surface area contributed by atoms with Crippen molar-refractivity contribution in [1.82, 2.24) is 18.9 Å². The molecular weight excluding hydrogens is 599 g/mol. The first kappa shape index (κ1) is 22.2. The van der Waals surface area contributed by atoms with Crippen LogP contribution in [0.2, 0.25) is 0 Å². The molecule has 0 radical (unpaired) electrons. The van der Waals surface area contributed by atoms with E-state index < -0.39 is 0 Å². The van der Waals surface area contributed by atoms with Crippen molar-refractivity contribution in [1.29, 1.82) is 0 Å². The Balaban J connectivity index is 0.000000159. The number of aryl methyl sites for hydroxylation is 1. The number of fused-ring (bicyclic) bond motifs is 7. The van der Waals surface area contributed by atoms with E-state index in [9.17, 15) is 0 Å². The van der Waals surface area contributed by atoms with E-state index in [1.807, 2.05) is 82.9 Å². The molecule has 4 aromatic heterocycles. The minimum absolute atomic E-state index is 0. The Morgan fingerprint density at radius 3 is 2.41 bits per heavy atom. The molecule has 0 saturated carbocycles. The van der Waals surface area contributed by atoms with Crippen molar-refractivity contribution in [3.63, 3.8) is 0 Å². The van der Waals surface area contributed by atoms with Gasteiger partial charge in [0.15, 0.2) is 0 Å². The standard InChI is InChI=1S/C18H12N3.C10H10N2.Ir/c1-20-10-12-8-15-14-4-2-6-19-18(14)21-7-3-5-17(21)16(15)9-13(12)11-20;1-11-7-8-12(9-11)10-5-3-2-4-6-10;/h2-6,8-11H,1H3;2-5,7-9H,1H3;/q-1;-2;+3. The first-order chi connectivity index (χ1) is 16.2. The van der Waals surface area contributed by atoms with Gasteiger partial charge in [0, 0.05) is 25.6 Å². The van der Waals surface area contributed by atoms with Crippen molar-refractivity contribution >= 4 is 43.8 Å². The summed E-state index contributed by atoms with van der Waals surface area (Å²) in [4.78, 5) is 8.57. The van der Waals surface area contributed by atoms with Crippen LogP contribution in [0.4, 0.5) is 5.69 Å². The molecule has 5 heterocycles. The van der Waals surface area contributed by atoms with E-state index in [-0.39, 0.29) is 20.1 Å². The topological polar surface area (TPSA) is 28.7 Å². The van der Waals surface area contributed by atoms with Crippen LogP contribution >= 0.6 is 0 Å². The first-order valence-corrected chi connectivity index (χ1v) is 10.8. The fourth-order valence-corrected chi connectivity index (χ4v) is 4.41. The predicted octanol–water partition coefficient (Wildman–Crippen LogP) is 5.76. The van der Waals surface area contributed by atoms with Crippen LogP contribution < -0.4 is 4.90 Å². The summed E-state index contributed by atoms with van der Waals surface area (Å²) >= 11 is 0. The van der Waals surface area contributed by atoms with Crippen LogP contribution in [-0.2, 0) is 27.2 Å². The molecule has 0 unspecified atom stereocenters. The van der Waals surface area contributed by atoms with Crippen molar-refractivity contribution in [3.05, 3.63) is 111 Å². The molecule has 2 aromatic carbocycles. The molecule has 6 aromatic rings. The summed E-state index contributed by atoms with van der Waals surface area (Å²) < 4.78 is 4.15. The third kappa shape index (κ3) is 3.85. The Morgan fingerprint density at radius 1 is 0.853 bits per heavy atom. The van der Waals surface area contributed by atoms with E-state index >= 15 is 0 Å². The van der Waals surface area contributed by atoms with Crippen molar-refractivity contribution in [2.24, 2.45) is 7.05 Å². The van der Waals surface area contributed by atoms with Gasteiger partial charge in [-0.05, 0) is 58.5 Å². The van der Waals surface area contributed by atoms with Crippen LogP contribution in [0.3, 0.4) is 0 Å². The summed E-state index contributed by atoms with van der Waals surface area (Å²) in [6.07, 6.45) is 13.4. The van der Waals surface area contributed by atoms with Crippen LogP contribution in [0.15, 0.2) is 91.7 Å². The number of para-hydroxylation sites is 1. The summed E-state index contributed by atoms with van der Waals surface area (Å²) in [6.45, 7) is 2.01. The summed E-state index contributed by atoms with van der Waals surface area (Å²) in [7, 11) is 4.06. The van der Waals surface area contributed by atoms with Crippen LogP contribution in [-0.4, -0.2) is 25.9 Å². The fourth-order valence-electron chi connectivity index (χ4n) is 4.41. The molecule has 0 aliphatic carbocycles. The monoisotopic (exact) mass is 621 g/mol. The van der Waals surface area contributed by atoms with E-state index in [1.54, 1.807) is 0 Å². The Kier molecular flexibility index (Phi) is 5.86. The minimum atomic E-state index is 0. The maximum Gasteiger partial charge on any atom is 3.00 e. The molecule has 5 nitrogen and oxygen atoms in total. The van der Waals surface area contributed by atoms with Gasteiger partial charge in [0.25, 0.3) is 0 Å². The smallest absolute Gasteiger partial charge is 0.510 e. The van der Waals surface area contributed by atoms with E-state index in [0.717, 1.165) is 16.9 Å². The fraction of sp³-hybridized carbons (Fsp3) is 0.0714. The molecular formula is C28H22IrN5. The summed E-state index contributed by atoms with van der Waals surface area (Å²) in [6, 6.07) is 23.8. The number of anilines is 1. The molecule has 0 fully saturated rings. The second-order valence-corrected chi connectivity index (χ2v) is 8.24. The van der Waals surface area contributed by atoms with Crippen LogP contribution in [0.1, 0.15) is 0 Å². The Morgan fingerprint density at radius 2 is 1.68 bits per heavy atom. The molecule has 0 atom stereocenters. The number of nitrogens with zero attached hydrogens (tertiary/aromatic N) is 5. The van der Waals surface area contributed by atoms with Crippen molar-refractivity contribution in [2.75, 3.05) is 11.9 Å². The molecule has 6 heteroatoms. The third-order valence-electron chi connectivity index (χ3n) is 5.90. The van der Waals surface area contributed by atoms with Gasteiger partial charge in [0.1, 0.15) is 0 Å². The second-order valence-electron chi connectivity index (χ2n) is 8.24. The van der Waals surface area contributed by atoms with E-state index in [0.29, 0.717) is 0 Å². The average molecular weight is 621 g/mol. The van der Waals surface area contributed by atoms with Crippen molar-refractivity contribution in [3.8, 4) is 0 Å². The van der Waals surface area contributed by atoms with Gasteiger partial charge < -0.3 is 18.8 Å². The van der Waals surface area contributed by atoms with Crippen LogP contribution in [0.25, 0.3) is 38.1 Å². The number of benzene rings is 2. The molecule has 1 aliphatic heterocycles. The summed E-state index contributed by atoms with van der Waals surface area (Å²) in [5.41, 5.74) is 3.18. The predicted molar refractivity (Wildman–Crippen MR) is 134 cm³/mol. The number of hydrogen-bond donors (Lipinski definition) is 0. The van der Waals surface area contributed by atoms with Crippen LogP contribution in [0, 0.1) is 18.9 Å². The van der Waals surface area contributed by atoms with Gasteiger partial charge >= 0.3 is 20.1 Å². The molecule has 0 amide bonds. The Labute approximate surface area is 211 Å². The molecule has 7 rings (SSSR count). The number of hydrogen-bond acceptors (Lipinski definition) is 3. The zero-order valence-corrected chi connectivity index (χ0v) is 21.2. The summed E-state index contributed by atoms with van der Waals surface area (Å²) in [5.74, 6) is 0. The largest absolute Gasteiger partial charge is 3.00 e. The van der Waals surface area contributed by atoms with Gasteiger partial charge in [-0.2, -0.15) is 43.1 Å². The van der Waals surface area contributed by atoms with Crippen LogP contribution in [0.5, 0.6) is 0 Å². The second kappa shape index (κ2) is 8.98. The van der Waals surface area contributed by atoms with E-state index in [2.05, 4.69) is 65.5 Å². The molecule has 34 heavy (non-hydrogen) atoms. The molecule has 0 bridgehead atoms. The number of rotatable bonds is 1. The quantitative estimate of drug-likeness (QED) is 0.173. The molecule has 168 valence electrons. The maximum absolute atomic E-state index is 4.54. The van der Waals surface area contributed by atoms with Gasteiger partial charge in [-0.15, -0.1) is 11.8 Å². The van der Waals surface area contributed by atoms with E-state index in [4.69, 9.17) is 0 Å². The maximum atomic E-state index is 4.54. The van der Waals surface area contributed by atoms with Crippen molar-refractivity contribution in [2.45, 2.75) is 0 Å². The Bertz CT molecular complexity index is 1630. The molecule has 0 spiro atoms. The first-order valence-electron chi connectivity index (χ1n) is 10.8.